The fourth-order valence-electron chi connectivity index (χ4n) is 4.09. The average molecular weight is 361 g/mol. The minimum absolute atomic E-state index is 0.364. The van der Waals surface area contributed by atoms with Crippen molar-refractivity contribution in [2.24, 2.45) is 5.92 Å². The van der Waals surface area contributed by atoms with Crippen LogP contribution in [0.3, 0.4) is 0 Å². The molecule has 0 aromatic heterocycles. The topological polar surface area (TPSA) is 29.5 Å². The number of benzene rings is 1. The fourth-order valence-corrected chi connectivity index (χ4v) is 4.09. The minimum atomic E-state index is 0.364. The highest BCUT2D eigenvalue weighted by atomic mass is 16.5. The molecule has 0 saturated heterocycles. The SMILES string of the molecule is Cc1cc(O)cc2c1OC(CCCCCCCCCCCC(C)C)CC2. The lowest BCUT2D eigenvalue weighted by Crippen LogP contribution is -2.23. The zero-order valence-corrected chi connectivity index (χ0v) is 17.4. The number of hydrogen-bond donors (Lipinski definition) is 1. The van der Waals surface area contributed by atoms with Crippen molar-refractivity contribution in [3.63, 3.8) is 0 Å². The Balaban J connectivity index is 1.48. The van der Waals surface area contributed by atoms with Gasteiger partial charge in [-0.15, -0.1) is 0 Å². The van der Waals surface area contributed by atoms with Crippen LogP contribution in [-0.4, -0.2) is 11.2 Å². The van der Waals surface area contributed by atoms with Crippen molar-refractivity contribution < 1.29 is 9.84 Å². The van der Waals surface area contributed by atoms with Crippen LogP contribution in [0.15, 0.2) is 12.1 Å². The molecule has 0 radical (unpaired) electrons. The highest BCUT2D eigenvalue weighted by Gasteiger charge is 2.21. The first-order chi connectivity index (χ1) is 12.6. The number of phenols is 1. The molecule has 0 aliphatic carbocycles. The quantitative estimate of drug-likeness (QED) is 0.395. The highest BCUT2D eigenvalue weighted by Crippen LogP contribution is 2.35. The third kappa shape index (κ3) is 7.60. The van der Waals surface area contributed by atoms with E-state index in [1.807, 2.05) is 19.1 Å². The molecular formula is C24H40O2. The Labute approximate surface area is 161 Å². The third-order valence-corrected chi connectivity index (χ3v) is 5.66. The fraction of sp³-hybridized carbons (Fsp3) is 0.750. The number of rotatable bonds is 12. The molecular weight excluding hydrogens is 320 g/mol. The summed E-state index contributed by atoms with van der Waals surface area (Å²) in [6.07, 6.45) is 17.6. The van der Waals surface area contributed by atoms with E-state index < -0.39 is 0 Å². The summed E-state index contributed by atoms with van der Waals surface area (Å²) >= 11 is 0. The van der Waals surface area contributed by atoms with E-state index in [9.17, 15) is 5.11 Å². The van der Waals surface area contributed by atoms with Gasteiger partial charge < -0.3 is 9.84 Å². The Morgan fingerprint density at radius 1 is 0.962 bits per heavy atom. The third-order valence-electron chi connectivity index (χ3n) is 5.66. The van der Waals surface area contributed by atoms with Gasteiger partial charge in [-0.3, -0.25) is 0 Å². The van der Waals surface area contributed by atoms with E-state index in [2.05, 4.69) is 13.8 Å². The largest absolute Gasteiger partial charge is 0.508 e. The van der Waals surface area contributed by atoms with Gasteiger partial charge in [0.1, 0.15) is 11.5 Å². The average Bonchev–Trinajstić information content (AvgIpc) is 2.59. The lowest BCUT2D eigenvalue weighted by molar-refractivity contribution is 0.158. The molecule has 2 heteroatoms. The molecule has 0 fully saturated rings. The van der Waals surface area contributed by atoms with Crippen molar-refractivity contribution in [1.29, 1.82) is 0 Å². The minimum Gasteiger partial charge on any atom is -0.508 e. The lowest BCUT2D eigenvalue weighted by Gasteiger charge is -2.27. The molecule has 0 bridgehead atoms. The first-order valence-electron chi connectivity index (χ1n) is 11.1. The van der Waals surface area contributed by atoms with Gasteiger partial charge in [0.05, 0.1) is 6.10 Å². The van der Waals surface area contributed by atoms with Gasteiger partial charge in [0.15, 0.2) is 0 Å². The highest BCUT2D eigenvalue weighted by molar-refractivity contribution is 5.47. The molecule has 1 aromatic rings. The Morgan fingerprint density at radius 2 is 1.58 bits per heavy atom. The Kier molecular flexibility index (Phi) is 9.36. The van der Waals surface area contributed by atoms with E-state index in [-0.39, 0.29) is 0 Å². The maximum Gasteiger partial charge on any atom is 0.126 e. The van der Waals surface area contributed by atoms with Gasteiger partial charge >= 0.3 is 0 Å². The molecule has 1 aliphatic heterocycles. The van der Waals surface area contributed by atoms with Gasteiger partial charge in [-0.25, -0.2) is 0 Å². The summed E-state index contributed by atoms with van der Waals surface area (Å²) in [5.74, 6) is 2.26. The monoisotopic (exact) mass is 360 g/mol. The van der Waals surface area contributed by atoms with Crippen molar-refractivity contribution in [3.05, 3.63) is 23.3 Å². The molecule has 0 saturated carbocycles. The summed E-state index contributed by atoms with van der Waals surface area (Å²) in [4.78, 5) is 0. The first-order valence-corrected chi connectivity index (χ1v) is 11.1. The Hall–Kier alpha value is -1.18. The summed E-state index contributed by atoms with van der Waals surface area (Å²) in [6, 6.07) is 3.67. The van der Waals surface area contributed by atoms with Crippen molar-refractivity contribution in [2.75, 3.05) is 0 Å². The zero-order chi connectivity index (χ0) is 18.8. The summed E-state index contributed by atoms with van der Waals surface area (Å²) in [5.41, 5.74) is 2.24. The maximum absolute atomic E-state index is 9.71. The van der Waals surface area contributed by atoms with Gasteiger partial charge in [-0.2, -0.15) is 0 Å². The molecule has 1 atom stereocenters. The number of phenolic OH excluding ortho intramolecular Hbond substituents is 1. The maximum atomic E-state index is 9.71. The standard InChI is InChI=1S/C24H40O2/c1-19(2)13-11-9-7-5-4-6-8-10-12-14-23-16-15-21-18-22(25)17-20(3)24(21)26-23/h17-19,23,25H,4-16H2,1-3H3. The van der Waals surface area contributed by atoms with Crippen LogP contribution in [0.25, 0.3) is 0 Å². The molecule has 1 aliphatic rings. The van der Waals surface area contributed by atoms with Crippen LogP contribution in [0.2, 0.25) is 0 Å². The molecule has 0 amide bonds. The van der Waals surface area contributed by atoms with E-state index in [1.54, 1.807) is 0 Å². The van der Waals surface area contributed by atoms with Gasteiger partial charge in [-0.05, 0) is 61.8 Å². The van der Waals surface area contributed by atoms with E-state index in [1.165, 1.54) is 76.2 Å². The van der Waals surface area contributed by atoms with Crippen molar-refractivity contribution in [3.8, 4) is 11.5 Å². The van der Waals surface area contributed by atoms with Crippen LogP contribution >= 0.6 is 0 Å². The van der Waals surface area contributed by atoms with E-state index in [0.717, 1.165) is 30.1 Å². The van der Waals surface area contributed by atoms with E-state index >= 15 is 0 Å². The molecule has 2 rings (SSSR count). The van der Waals surface area contributed by atoms with Crippen LogP contribution in [-0.2, 0) is 6.42 Å². The van der Waals surface area contributed by atoms with Crippen molar-refractivity contribution in [1.82, 2.24) is 0 Å². The van der Waals surface area contributed by atoms with Crippen LogP contribution < -0.4 is 4.74 Å². The molecule has 0 spiro atoms. The van der Waals surface area contributed by atoms with Crippen molar-refractivity contribution in [2.45, 2.75) is 110 Å². The molecule has 26 heavy (non-hydrogen) atoms. The van der Waals surface area contributed by atoms with Gasteiger partial charge in [-0.1, -0.05) is 71.6 Å². The van der Waals surface area contributed by atoms with Crippen LogP contribution in [0.5, 0.6) is 11.5 Å². The summed E-state index contributed by atoms with van der Waals surface area (Å²) in [6.45, 7) is 6.68. The van der Waals surface area contributed by atoms with Gasteiger partial charge in [0, 0.05) is 0 Å². The summed E-state index contributed by atoms with van der Waals surface area (Å²) in [5, 5.41) is 9.71. The normalized spacial score (nSPS) is 16.5. The smallest absolute Gasteiger partial charge is 0.126 e. The second kappa shape index (κ2) is 11.5. The van der Waals surface area contributed by atoms with Crippen LogP contribution in [0, 0.1) is 12.8 Å². The summed E-state index contributed by atoms with van der Waals surface area (Å²) in [7, 11) is 0. The van der Waals surface area contributed by atoms with Crippen LogP contribution in [0.4, 0.5) is 0 Å². The van der Waals surface area contributed by atoms with Gasteiger partial charge in [0.25, 0.3) is 0 Å². The predicted octanol–water partition coefficient (Wildman–Crippen LogP) is 7.34. The molecule has 2 nitrogen and oxygen atoms in total. The van der Waals surface area contributed by atoms with Crippen molar-refractivity contribution >= 4 is 0 Å². The molecule has 1 aromatic carbocycles. The number of aromatic hydroxyl groups is 1. The van der Waals surface area contributed by atoms with E-state index in [4.69, 9.17) is 4.74 Å². The molecule has 1 heterocycles. The molecule has 1 N–H and O–H groups in total. The Morgan fingerprint density at radius 3 is 2.23 bits per heavy atom. The Bertz CT molecular complexity index is 521. The predicted molar refractivity (Wildman–Crippen MR) is 111 cm³/mol. The number of aryl methyl sites for hydroxylation is 2. The second-order valence-corrected chi connectivity index (χ2v) is 8.68. The molecule has 148 valence electrons. The number of unbranched alkanes of at least 4 members (excludes halogenated alkanes) is 8. The lowest BCUT2D eigenvalue weighted by atomic mass is 9.96. The number of ether oxygens (including phenoxy) is 1. The second-order valence-electron chi connectivity index (χ2n) is 8.68. The number of fused-ring (bicyclic) bond motifs is 1. The van der Waals surface area contributed by atoms with Gasteiger partial charge in [0.2, 0.25) is 0 Å². The zero-order valence-electron chi connectivity index (χ0n) is 17.4. The number of hydrogen-bond acceptors (Lipinski definition) is 2. The summed E-state index contributed by atoms with van der Waals surface area (Å²) < 4.78 is 6.21. The molecule has 1 unspecified atom stereocenters. The van der Waals surface area contributed by atoms with Crippen LogP contribution in [0.1, 0.15) is 102 Å². The van der Waals surface area contributed by atoms with E-state index in [0.29, 0.717) is 11.9 Å². The first kappa shape index (κ1) is 21.1.